The number of amides is 1. The Hall–Kier alpha value is -2.55. The molecule has 0 radical (unpaired) electrons. The van der Waals surface area contributed by atoms with Crippen LogP contribution in [-0.2, 0) is 4.79 Å². The van der Waals surface area contributed by atoms with Gasteiger partial charge in [0.2, 0.25) is 5.78 Å². The molecule has 0 bridgehead atoms. The third-order valence-corrected chi connectivity index (χ3v) is 6.47. The van der Waals surface area contributed by atoms with Gasteiger partial charge in [0.1, 0.15) is 0 Å². The molecule has 1 aliphatic rings. The molecule has 1 atom stereocenters. The van der Waals surface area contributed by atoms with Crippen LogP contribution in [0.5, 0.6) is 0 Å². The van der Waals surface area contributed by atoms with Crippen LogP contribution in [0.2, 0.25) is 5.02 Å². The number of ketones is 1. The summed E-state index contributed by atoms with van der Waals surface area (Å²) in [4.78, 5) is 36.5. The van der Waals surface area contributed by atoms with Gasteiger partial charge in [-0.15, -0.1) is 22.7 Å². The van der Waals surface area contributed by atoms with Gasteiger partial charge in [-0.3, -0.25) is 14.5 Å². The Morgan fingerprint density at radius 1 is 1.25 bits per heavy atom. The summed E-state index contributed by atoms with van der Waals surface area (Å²) in [6.45, 7) is 3.54. The van der Waals surface area contributed by atoms with E-state index in [-0.39, 0.29) is 5.57 Å². The van der Waals surface area contributed by atoms with Gasteiger partial charge in [0.05, 0.1) is 27.2 Å². The lowest BCUT2D eigenvalue weighted by atomic mass is 9.95. The summed E-state index contributed by atoms with van der Waals surface area (Å²) >= 11 is 8.50. The number of aliphatic hydroxyl groups excluding tert-OH is 1. The summed E-state index contributed by atoms with van der Waals surface area (Å²) in [7, 11) is 0. The number of carbonyl (C=O) groups excluding carboxylic acids is 2. The number of aromatic nitrogens is 2. The van der Waals surface area contributed by atoms with Gasteiger partial charge in [-0.05, 0) is 31.5 Å². The van der Waals surface area contributed by atoms with Crippen LogP contribution in [0.25, 0.3) is 0 Å². The quantitative estimate of drug-likeness (QED) is 0.608. The van der Waals surface area contributed by atoms with E-state index in [9.17, 15) is 14.7 Å². The Bertz CT molecular complexity index is 1100. The van der Waals surface area contributed by atoms with E-state index in [4.69, 9.17) is 11.6 Å². The highest BCUT2D eigenvalue weighted by atomic mass is 35.5. The fourth-order valence-corrected chi connectivity index (χ4v) is 4.86. The summed E-state index contributed by atoms with van der Waals surface area (Å²) in [5.41, 5.74) is 1.25. The molecule has 1 amide bonds. The van der Waals surface area contributed by atoms with Crippen LogP contribution in [0.3, 0.4) is 0 Å². The van der Waals surface area contributed by atoms with Crippen molar-refractivity contribution in [3.8, 4) is 0 Å². The smallest absolute Gasteiger partial charge is 0.296 e. The van der Waals surface area contributed by atoms with Gasteiger partial charge in [0.25, 0.3) is 5.91 Å². The van der Waals surface area contributed by atoms with Gasteiger partial charge in [-0.2, -0.15) is 0 Å². The van der Waals surface area contributed by atoms with Crippen LogP contribution in [0.4, 0.5) is 5.13 Å². The number of aliphatic hydroxyl groups is 1. The maximum absolute atomic E-state index is 13.3. The molecule has 0 aliphatic carbocycles. The first-order valence-corrected chi connectivity index (χ1v) is 10.4. The van der Waals surface area contributed by atoms with Gasteiger partial charge < -0.3 is 5.11 Å². The van der Waals surface area contributed by atoms with Gasteiger partial charge in [0, 0.05) is 16.6 Å². The maximum atomic E-state index is 13.3. The van der Waals surface area contributed by atoms with Crippen molar-refractivity contribution in [1.82, 2.24) is 9.97 Å². The average molecular weight is 432 g/mol. The topological polar surface area (TPSA) is 83.4 Å². The normalized spacial score (nSPS) is 16.9. The SMILES string of the molecule is Cc1nc(C)c(C(=O)C2=C(O)C(=O)N(c3nccs3)C2c2ccc(Cl)cc2)s1. The van der Waals surface area contributed by atoms with E-state index < -0.39 is 23.5 Å². The lowest BCUT2D eigenvalue weighted by Crippen LogP contribution is -2.30. The van der Waals surface area contributed by atoms with Crippen LogP contribution in [0, 0.1) is 13.8 Å². The number of thiazole rings is 2. The number of hydrogen-bond donors (Lipinski definition) is 1. The molecule has 28 heavy (non-hydrogen) atoms. The minimum Gasteiger partial charge on any atom is -0.503 e. The number of anilines is 1. The molecule has 4 rings (SSSR count). The second-order valence-electron chi connectivity index (χ2n) is 6.18. The highest BCUT2D eigenvalue weighted by Gasteiger charge is 2.46. The molecule has 3 aromatic rings. The molecule has 9 heteroatoms. The van der Waals surface area contributed by atoms with Gasteiger partial charge >= 0.3 is 0 Å². The molecule has 0 saturated heterocycles. The molecule has 0 saturated carbocycles. The van der Waals surface area contributed by atoms with Crippen molar-refractivity contribution in [2.45, 2.75) is 19.9 Å². The van der Waals surface area contributed by atoms with E-state index in [0.717, 1.165) is 5.01 Å². The molecule has 6 nitrogen and oxygen atoms in total. The van der Waals surface area contributed by atoms with Crippen molar-refractivity contribution in [2.75, 3.05) is 4.90 Å². The first-order chi connectivity index (χ1) is 13.4. The number of carbonyl (C=O) groups is 2. The summed E-state index contributed by atoms with van der Waals surface area (Å²) in [5, 5.41) is 14.0. The second kappa shape index (κ2) is 7.12. The van der Waals surface area contributed by atoms with Gasteiger partial charge in [-0.25, -0.2) is 9.97 Å². The molecule has 0 spiro atoms. The third kappa shape index (κ3) is 3.03. The zero-order valence-corrected chi connectivity index (χ0v) is 17.2. The first kappa shape index (κ1) is 18.8. The van der Waals surface area contributed by atoms with Crippen molar-refractivity contribution < 1.29 is 14.7 Å². The third-order valence-electron chi connectivity index (χ3n) is 4.37. The minimum atomic E-state index is -0.801. The first-order valence-electron chi connectivity index (χ1n) is 8.29. The maximum Gasteiger partial charge on any atom is 0.296 e. The Kier molecular flexibility index (Phi) is 4.78. The number of Topliss-reactive ketones (excluding diaryl/α,β-unsaturated/α-hetero) is 1. The van der Waals surface area contributed by atoms with Gasteiger partial charge in [-0.1, -0.05) is 23.7 Å². The molecule has 2 aromatic heterocycles. The monoisotopic (exact) mass is 431 g/mol. The second-order valence-corrected chi connectivity index (χ2v) is 8.70. The Balaban J connectivity index is 1.89. The average Bonchev–Trinajstić information content (AvgIpc) is 3.35. The number of benzene rings is 1. The molecular formula is C19H14ClN3O3S2. The number of hydrogen-bond acceptors (Lipinski definition) is 7. The lowest BCUT2D eigenvalue weighted by Gasteiger charge is -2.24. The van der Waals surface area contributed by atoms with Crippen LogP contribution >= 0.6 is 34.3 Å². The largest absolute Gasteiger partial charge is 0.503 e. The summed E-state index contributed by atoms with van der Waals surface area (Å²) in [6.07, 6.45) is 1.57. The molecule has 142 valence electrons. The van der Waals surface area contributed by atoms with E-state index >= 15 is 0 Å². The fourth-order valence-electron chi connectivity index (χ4n) is 3.19. The standard InChI is InChI=1S/C19H14ClN3O3S2/c1-9-17(28-10(2)22-9)15(24)13-14(11-3-5-12(20)6-4-11)23(18(26)16(13)25)19-21-7-8-27-19/h3-8,14,25H,1-2H3. The molecule has 1 aromatic carbocycles. The Morgan fingerprint density at radius 2 is 1.96 bits per heavy atom. The van der Waals surface area contributed by atoms with Crippen LogP contribution in [0.15, 0.2) is 47.2 Å². The van der Waals surface area contributed by atoms with E-state index in [2.05, 4.69) is 9.97 Å². The molecule has 1 aliphatic heterocycles. The number of nitrogens with zero attached hydrogens (tertiary/aromatic N) is 3. The van der Waals surface area contributed by atoms with E-state index in [1.54, 1.807) is 49.7 Å². The number of aryl methyl sites for hydroxylation is 2. The summed E-state index contributed by atoms with van der Waals surface area (Å²) < 4.78 is 0. The number of rotatable bonds is 4. The molecule has 1 N–H and O–H groups in total. The fraction of sp³-hybridized carbons (Fsp3) is 0.158. The highest BCUT2D eigenvalue weighted by Crippen LogP contribution is 2.43. The number of halogens is 1. The minimum absolute atomic E-state index is 0.0225. The predicted molar refractivity (Wildman–Crippen MR) is 109 cm³/mol. The molecule has 0 fully saturated rings. The van der Waals surface area contributed by atoms with Crippen LogP contribution in [0.1, 0.15) is 32.0 Å². The zero-order chi connectivity index (χ0) is 20.0. The Labute approximate surface area is 173 Å². The zero-order valence-electron chi connectivity index (χ0n) is 14.8. The van der Waals surface area contributed by atoms with E-state index in [0.29, 0.717) is 26.3 Å². The molecular weight excluding hydrogens is 418 g/mol. The van der Waals surface area contributed by atoms with Gasteiger partial charge in [0.15, 0.2) is 10.9 Å². The van der Waals surface area contributed by atoms with Crippen molar-refractivity contribution in [3.05, 3.63) is 73.3 Å². The van der Waals surface area contributed by atoms with Crippen molar-refractivity contribution in [3.63, 3.8) is 0 Å². The van der Waals surface area contributed by atoms with Crippen molar-refractivity contribution in [1.29, 1.82) is 0 Å². The highest BCUT2D eigenvalue weighted by molar-refractivity contribution is 7.14. The van der Waals surface area contributed by atoms with Crippen LogP contribution < -0.4 is 4.90 Å². The molecule has 1 unspecified atom stereocenters. The van der Waals surface area contributed by atoms with Crippen molar-refractivity contribution in [2.24, 2.45) is 0 Å². The van der Waals surface area contributed by atoms with E-state index in [1.807, 2.05) is 0 Å². The van der Waals surface area contributed by atoms with E-state index in [1.165, 1.54) is 27.6 Å². The van der Waals surface area contributed by atoms with Crippen LogP contribution in [-0.4, -0.2) is 26.8 Å². The predicted octanol–water partition coefficient (Wildman–Crippen LogP) is 4.65. The molecule has 3 heterocycles. The Morgan fingerprint density at radius 3 is 2.54 bits per heavy atom. The van der Waals surface area contributed by atoms with Crippen molar-refractivity contribution >= 4 is 51.1 Å². The summed E-state index contributed by atoms with van der Waals surface area (Å²) in [5.74, 6) is -1.63. The lowest BCUT2D eigenvalue weighted by molar-refractivity contribution is -0.117. The summed E-state index contributed by atoms with van der Waals surface area (Å²) in [6, 6.07) is 6.03.